The number of nitrogens with zero attached hydrogens (tertiary/aromatic N) is 2. The minimum atomic E-state index is -0.145. The van der Waals surface area contributed by atoms with Gasteiger partial charge in [0.15, 0.2) is 0 Å². The van der Waals surface area contributed by atoms with Gasteiger partial charge in [-0.1, -0.05) is 0 Å². The molecule has 3 N–H and O–H groups in total. The number of hydrogen-bond acceptors (Lipinski definition) is 6. The van der Waals surface area contributed by atoms with E-state index in [9.17, 15) is 9.59 Å². The van der Waals surface area contributed by atoms with E-state index in [1.165, 1.54) is 0 Å². The van der Waals surface area contributed by atoms with Crippen LogP contribution in [0.4, 0.5) is 11.5 Å². The van der Waals surface area contributed by atoms with Gasteiger partial charge in [-0.3, -0.25) is 9.59 Å². The minimum absolute atomic E-state index is 0.0902. The summed E-state index contributed by atoms with van der Waals surface area (Å²) in [5, 5.41) is 2.69. The third kappa shape index (κ3) is 4.92. The lowest BCUT2D eigenvalue weighted by molar-refractivity contribution is -0.148. The molecule has 1 aliphatic rings. The molecular weight excluding hydrogens is 296 g/mol. The Morgan fingerprint density at radius 1 is 1.48 bits per heavy atom. The lowest BCUT2D eigenvalue weighted by Crippen LogP contribution is -2.39. The van der Waals surface area contributed by atoms with Crippen LogP contribution in [0.3, 0.4) is 0 Å². The monoisotopic (exact) mass is 320 g/mol. The largest absolute Gasteiger partial charge is 0.466 e. The summed E-state index contributed by atoms with van der Waals surface area (Å²) in [5.41, 5.74) is 6.28. The van der Waals surface area contributed by atoms with E-state index in [1.54, 1.807) is 12.3 Å². The van der Waals surface area contributed by atoms with Crippen molar-refractivity contribution in [3.63, 3.8) is 0 Å². The summed E-state index contributed by atoms with van der Waals surface area (Å²) in [7, 11) is 0. The summed E-state index contributed by atoms with van der Waals surface area (Å²) in [5.74, 6) is 0.141. The molecule has 7 heteroatoms. The van der Waals surface area contributed by atoms with Gasteiger partial charge in [0, 0.05) is 26.1 Å². The molecule has 0 bridgehead atoms. The summed E-state index contributed by atoms with van der Waals surface area (Å²) in [4.78, 5) is 29.8. The molecule has 23 heavy (non-hydrogen) atoms. The van der Waals surface area contributed by atoms with Gasteiger partial charge in [0.25, 0.3) is 0 Å². The van der Waals surface area contributed by atoms with Crippen LogP contribution >= 0.6 is 0 Å². The second-order valence-electron chi connectivity index (χ2n) is 5.53. The van der Waals surface area contributed by atoms with Crippen molar-refractivity contribution in [3.8, 4) is 0 Å². The number of ether oxygens (including phenoxy) is 1. The lowest BCUT2D eigenvalue weighted by Gasteiger charge is -2.33. The molecular formula is C16H24N4O3. The molecule has 1 unspecified atom stereocenters. The zero-order valence-electron chi connectivity index (χ0n) is 13.5. The molecule has 2 heterocycles. The fourth-order valence-corrected chi connectivity index (χ4v) is 2.65. The van der Waals surface area contributed by atoms with E-state index in [0.29, 0.717) is 25.5 Å². The molecule has 1 aromatic rings. The summed E-state index contributed by atoms with van der Waals surface area (Å²) in [6.07, 6.45) is 3.79. The quantitative estimate of drug-likeness (QED) is 0.763. The Labute approximate surface area is 136 Å². The zero-order chi connectivity index (χ0) is 16.7. The molecule has 2 rings (SSSR count). The average molecular weight is 320 g/mol. The minimum Gasteiger partial charge on any atom is -0.466 e. The Bertz CT molecular complexity index is 533. The summed E-state index contributed by atoms with van der Waals surface area (Å²) < 4.78 is 5.11. The fourth-order valence-electron chi connectivity index (χ4n) is 2.65. The molecule has 0 radical (unpaired) electrons. The summed E-state index contributed by atoms with van der Waals surface area (Å²) in [6.45, 7) is 4.07. The second-order valence-corrected chi connectivity index (χ2v) is 5.53. The predicted molar refractivity (Wildman–Crippen MR) is 88.1 cm³/mol. The van der Waals surface area contributed by atoms with Crippen molar-refractivity contribution >= 4 is 23.4 Å². The Morgan fingerprint density at radius 3 is 2.96 bits per heavy atom. The van der Waals surface area contributed by atoms with Crippen LogP contribution in [0.15, 0.2) is 18.3 Å². The third-order valence-electron chi connectivity index (χ3n) is 3.79. The summed E-state index contributed by atoms with van der Waals surface area (Å²) in [6, 6.07) is 3.66. The smallest absolute Gasteiger partial charge is 0.310 e. The topological polar surface area (TPSA) is 97.5 Å². The van der Waals surface area contributed by atoms with Crippen molar-refractivity contribution in [1.82, 2.24) is 4.98 Å². The maximum Gasteiger partial charge on any atom is 0.310 e. The van der Waals surface area contributed by atoms with Gasteiger partial charge in [-0.2, -0.15) is 0 Å². The van der Waals surface area contributed by atoms with Crippen molar-refractivity contribution in [2.75, 3.05) is 36.5 Å². The molecule has 126 valence electrons. The third-order valence-corrected chi connectivity index (χ3v) is 3.79. The number of carbonyl (C=O) groups excluding carboxylic acids is 2. The van der Waals surface area contributed by atoms with Crippen molar-refractivity contribution in [2.24, 2.45) is 11.7 Å². The molecule has 1 amide bonds. The number of rotatable bonds is 6. The van der Waals surface area contributed by atoms with Crippen molar-refractivity contribution in [1.29, 1.82) is 0 Å². The number of nitrogens with one attached hydrogen (secondary N) is 1. The Hall–Kier alpha value is -2.15. The molecule has 1 aromatic heterocycles. The first-order valence-electron chi connectivity index (χ1n) is 8.01. The number of pyridine rings is 1. The van der Waals surface area contributed by atoms with E-state index in [2.05, 4.69) is 15.2 Å². The van der Waals surface area contributed by atoms with E-state index in [1.807, 2.05) is 13.0 Å². The second kappa shape index (κ2) is 8.47. The maximum atomic E-state index is 11.9. The van der Waals surface area contributed by atoms with Gasteiger partial charge in [-0.15, -0.1) is 0 Å². The van der Waals surface area contributed by atoms with E-state index >= 15 is 0 Å². The number of esters is 1. The number of anilines is 2. The highest BCUT2D eigenvalue weighted by Crippen LogP contribution is 2.24. The SMILES string of the molecule is CCOC(=O)C1CCCN(c2ccc(NC(=O)CCN)nc2)C1. The lowest BCUT2D eigenvalue weighted by atomic mass is 9.98. The molecule has 0 aliphatic carbocycles. The van der Waals surface area contributed by atoms with E-state index in [4.69, 9.17) is 10.5 Å². The Kier molecular flexibility index (Phi) is 6.34. The van der Waals surface area contributed by atoms with Gasteiger partial charge >= 0.3 is 5.97 Å². The number of hydrogen-bond donors (Lipinski definition) is 2. The Morgan fingerprint density at radius 2 is 2.30 bits per heavy atom. The van der Waals surface area contributed by atoms with Crippen LogP contribution in [0.1, 0.15) is 26.2 Å². The van der Waals surface area contributed by atoms with Crippen molar-refractivity contribution in [3.05, 3.63) is 18.3 Å². The highest BCUT2D eigenvalue weighted by Gasteiger charge is 2.27. The van der Waals surface area contributed by atoms with E-state index < -0.39 is 0 Å². The molecule has 1 saturated heterocycles. The highest BCUT2D eigenvalue weighted by atomic mass is 16.5. The van der Waals surface area contributed by atoms with Crippen LogP contribution in [0.2, 0.25) is 0 Å². The molecule has 1 aliphatic heterocycles. The number of carbonyl (C=O) groups is 2. The molecule has 7 nitrogen and oxygen atoms in total. The zero-order valence-corrected chi connectivity index (χ0v) is 13.5. The Balaban J connectivity index is 1.96. The van der Waals surface area contributed by atoms with Gasteiger partial charge < -0.3 is 20.7 Å². The molecule has 1 atom stereocenters. The van der Waals surface area contributed by atoms with Crippen LogP contribution < -0.4 is 16.0 Å². The van der Waals surface area contributed by atoms with Gasteiger partial charge in [0.1, 0.15) is 5.82 Å². The first kappa shape index (κ1) is 17.2. The normalized spacial score (nSPS) is 17.7. The van der Waals surface area contributed by atoms with Crippen LogP contribution in [0, 0.1) is 5.92 Å². The van der Waals surface area contributed by atoms with Gasteiger partial charge in [0.05, 0.1) is 24.4 Å². The van der Waals surface area contributed by atoms with Crippen LogP contribution in [-0.4, -0.2) is 43.1 Å². The van der Waals surface area contributed by atoms with Gasteiger partial charge in [0.2, 0.25) is 5.91 Å². The van der Waals surface area contributed by atoms with Crippen LogP contribution in [0.5, 0.6) is 0 Å². The fraction of sp³-hybridized carbons (Fsp3) is 0.562. The first-order chi connectivity index (χ1) is 11.1. The number of nitrogens with two attached hydrogens (primary N) is 1. The van der Waals surface area contributed by atoms with Crippen LogP contribution in [-0.2, 0) is 14.3 Å². The molecule has 1 fully saturated rings. The molecule has 0 aromatic carbocycles. The maximum absolute atomic E-state index is 11.9. The van der Waals surface area contributed by atoms with Gasteiger partial charge in [-0.05, 0) is 31.9 Å². The molecule has 0 spiro atoms. The van der Waals surface area contributed by atoms with Crippen LogP contribution in [0.25, 0.3) is 0 Å². The predicted octanol–water partition coefficient (Wildman–Crippen LogP) is 1.15. The highest BCUT2D eigenvalue weighted by molar-refractivity contribution is 5.89. The number of amides is 1. The first-order valence-corrected chi connectivity index (χ1v) is 8.01. The molecule has 0 saturated carbocycles. The van der Waals surface area contributed by atoms with Crippen molar-refractivity contribution < 1.29 is 14.3 Å². The summed E-state index contributed by atoms with van der Waals surface area (Å²) >= 11 is 0. The van der Waals surface area contributed by atoms with E-state index in [0.717, 1.165) is 25.1 Å². The standard InChI is InChI=1S/C16H24N4O3/c1-2-23-16(22)12-4-3-9-20(11-12)13-5-6-14(18-10-13)19-15(21)7-8-17/h5-6,10,12H,2-4,7-9,11,17H2,1H3,(H,18,19,21). The number of piperidine rings is 1. The number of aromatic nitrogens is 1. The van der Waals surface area contributed by atoms with Gasteiger partial charge in [-0.25, -0.2) is 4.98 Å². The van der Waals surface area contributed by atoms with E-state index in [-0.39, 0.29) is 24.2 Å². The van der Waals surface area contributed by atoms with Crippen molar-refractivity contribution in [2.45, 2.75) is 26.2 Å². The average Bonchev–Trinajstić information content (AvgIpc) is 2.56.